The van der Waals surface area contributed by atoms with Gasteiger partial charge in [-0.05, 0) is 34.0 Å². The molecular weight excluding hydrogens is 265 g/mol. The summed E-state index contributed by atoms with van der Waals surface area (Å²) in [5.74, 6) is 1.13. The molecule has 2 nitrogen and oxygen atoms in total. The van der Waals surface area contributed by atoms with E-state index in [9.17, 15) is 0 Å². The van der Waals surface area contributed by atoms with Crippen LogP contribution in [-0.2, 0) is 0 Å². The molecule has 0 aliphatic carbocycles. The Labute approximate surface area is 97.5 Å². The molecule has 0 aliphatic rings. The van der Waals surface area contributed by atoms with Crippen LogP contribution in [0.5, 0.6) is 5.75 Å². The fourth-order valence-electron chi connectivity index (χ4n) is 0.967. The van der Waals surface area contributed by atoms with Gasteiger partial charge in [-0.15, -0.1) is 0 Å². The summed E-state index contributed by atoms with van der Waals surface area (Å²) < 4.78 is 6.34. The van der Waals surface area contributed by atoms with Gasteiger partial charge in [-0.3, -0.25) is 0 Å². The van der Waals surface area contributed by atoms with Crippen LogP contribution in [-0.4, -0.2) is 6.61 Å². The monoisotopic (exact) mass is 277 g/mol. The second kappa shape index (κ2) is 4.89. The number of ether oxygens (including phenoxy) is 1. The normalized spacial score (nSPS) is 10.6. The van der Waals surface area contributed by atoms with Crippen molar-refractivity contribution in [3.63, 3.8) is 0 Å². The number of nitrogens with two attached hydrogens (primary N) is 1. The van der Waals surface area contributed by atoms with Crippen LogP contribution in [0.1, 0.15) is 13.8 Å². The molecule has 1 rings (SSSR count). The van der Waals surface area contributed by atoms with E-state index in [4.69, 9.17) is 22.1 Å². The zero-order valence-electron chi connectivity index (χ0n) is 8.18. The molecule has 4 heteroatoms. The van der Waals surface area contributed by atoms with Crippen LogP contribution in [0.2, 0.25) is 5.02 Å². The molecule has 0 aromatic heterocycles. The molecular formula is C10H13BrClNO. The molecule has 0 bridgehead atoms. The molecule has 0 heterocycles. The van der Waals surface area contributed by atoms with Crippen molar-refractivity contribution in [2.75, 3.05) is 12.3 Å². The third kappa shape index (κ3) is 3.07. The predicted octanol–water partition coefficient (Wildman–Crippen LogP) is 3.72. The molecule has 0 fully saturated rings. The third-order valence-corrected chi connectivity index (χ3v) is 2.45. The van der Waals surface area contributed by atoms with Crippen LogP contribution in [0, 0.1) is 5.92 Å². The third-order valence-electron chi connectivity index (χ3n) is 1.58. The second-order valence-electron chi connectivity index (χ2n) is 3.52. The Bertz CT molecular complexity index is 305. The summed E-state index contributed by atoms with van der Waals surface area (Å²) in [5, 5.41) is 0.539. The van der Waals surface area contributed by atoms with Crippen molar-refractivity contribution in [3.05, 3.63) is 21.6 Å². The number of benzene rings is 1. The van der Waals surface area contributed by atoms with Crippen LogP contribution in [0.4, 0.5) is 5.69 Å². The van der Waals surface area contributed by atoms with E-state index in [0.717, 1.165) is 4.47 Å². The van der Waals surface area contributed by atoms with E-state index in [-0.39, 0.29) is 0 Å². The molecule has 0 saturated carbocycles. The topological polar surface area (TPSA) is 35.2 Å². The first-order valence-corrected chi connectivity index (χ1v) is 5.55. The van der Waals surface area contributed by atoms with Gasteiger partial charge in [0, 0.05) is 5.69 Å². The van der Waals surface area contributed by atoms with E-state index in [0.29, 0.717) is 29.0 Å². The van der Waals surface area contributed by atoms with Crippen molar-refractivity contribution in [3.8, 4) is 5.75 Å². The van der Waals surface area contributed by atoms with Gasteiger partial charge in [0.1, 0.15) is 0 Å². The molecule has 0 aliphatic heterocycles. The van der Waals surface area contributed by atoms with Crippen molar-refractivity contribution < 1.29 is 4.74 Å². The highest BCUT2D eigenvalue weighted by molar-refractivity contribution is 9.10. The van der Waals surface area contributed by atoms with Gasteiger partial charge in [0.25, 0.3) is 0 Å². The van der Waals surface area contributed by atoms with Crippen LogP contribution in [0.3, 0.4) is 0 Å². The summed E-state index contributed by atoms with van der Waals surface area (Å²) in [4.78, 5) is 0. The zero-order chi connectivity index (χ0) is 10.7. The molecule has 0 amide bonds. The standard InChI is InChI=1S/C10H13BrClNO/c1-6(2)5-14-10-8(11)3-7(13)4-9(10)12/h3-4,6H,5,13H2,1-2H3. The number of nitrogen functional groups attached to an aromatic ring is 1. The van der Waals surface area contributed by atoms with E-state index in [2.05, 4.69) is 29.8 Å². The lowest BCUT2D eigenvalue weighted by atomic mass is 10.2. The zero-order valence-corrected chi connectivity index (χ0v) is 10.5. The average Bonchev–Trinajstić information content (AvgIpc) is 2.01. The summed E-state index contributed by atoms with van der Waals surface area (Å²) in [7, 11) is 0. The summed E-state index contributed by atoms with van der Waals surface area (Å²) >= 11 is 9.34. The molecule has 0 spiro atoms. The van der Waals surface area contributed by atoms with Crippen LogP contribution in [0.15, 0.2) is 16.6 Å². The van der Waals surface area contributed by atoms with Crippen LogP contribution >= 0.6 is 27.5 Å². The lowest BCUT2D eigenvalue weighted by Crippen LogP contribution is -2.05. The molecule has 0 unspecified atom stereocenters. The maximum absolute atomic E-state index is 5.98. The summed E-state index contributed by atoms with van der Waals surface area (Å²) in [5.41, 5.74) is 6.24. The van der Waals surface area contributed by atoms with Crippen LogP contribution < -0.4 is 10.5 Å². The lowest BCUT2D eigenvalue weighted by molar-refractivity contribution is 0.269. The van der Waals surface area contributed by atoms with E-state index in [1.54, 1.807) is 12.1 Å². The van der Waals surface area contributed by atoms with E-state index < -0.39 is 0 Å². The summed E-state index contributed by atoms with van der Waals surface area (Å²) in [6.07, 6.45) is 0. The number of anilines is 1. The van der Waals surface area contributed by atoms with E-state index in [1.807, 2.05) is 0 Å². The quantitative estimate of drug-likeness (QED) is 0.855. The Morgan fingerprint density at radius 3 is 2.64 bits per heavy atom. The molecule has 0 atom stereocenters. The van der Waals surface area contributed by atoms with Crippen LogP contribution in [0.25, 0.3) is 0 Å². The van der Waals surface area contributed by atoms with Crippen molar-refractivity contribution >= 4 is 33.2 Å². The average molecular weight is 279 g/mol. The SMILES string of the molecule is CC(C)COc1c(Cl)cc(N)cc1Br. The highest BCUT2D eigenvalue weighted by atomic mass is 79.9. The highest BCUT2D eigenvalue weighted by Gasteiger charge is 2.08. The van der Waals surface area contributed by atoms with Gasteiger partial charge in [-0.1, -0.05) is 25.4 Å². The minimum absolute atomic E-state index is 0.468. The number of hydrogen-bond donors (Lipinski definition) is 1. The fourth-order valence-corrected chi connectivity index (χ4v) is 1.96. The maximum atomic E-state index is 5.98. The van der Waals surface area contributed by atoms with Gasteiger partial charge in [0.2, 0.25) is 0 Å². The Hall–Kier alpha value is -0.410. The Morgan fingerprint density at radius 1 is 1.50 bits per heavy atom. The minimum atomic E-state index is 0.468. The van der Waals surface area contributed by atoms with Crippen molar-refractivity contribution in [1.82, 2.24) is 0 Å². The molecule has 1 aromatic rings. The van der Waals surface area contributed by atoms with Crippen molar-refractivity contribution in [1.29, 1.82) is 0 Å². The van der Waals surface area contributed by atoms with Crippen molar-refractivity contribution in [2.45, 2.75) is 13.8 Å². The second-order valence-corrected chi connectivity index (χ2v) is 4.78. The molecule has 14 heavy (non-hydrogen) atoms. The Balaban J connectivity index is 2.86. The van der Waals surface area contributed by atoms with Gasteiger partial charge >= 0.3 is 0 Å². The molecule has 2 N–H and O–H groups in total. The number of hydrogen-bond acceptors (Lipinski definition) is 2. The number of rotatable bonds is 3. The largest absolute Gasteiger partial charge is 0.491 e. The van der Waals surface area contributed by atoms with Gasteiger partial charge < -0.3 is 10.5 Å². The number of halogens is 2. The fraction of sp³-hybridized carbons (Fsp3) is 0.400. The first-order valence-electron chi connectivity index (χ1n) is 4.38. The molecule has 0 saturated heterocycles. The minimum Gasteiger partial charge on any atom is -0.491 e. The molecule has 0 radical (unpaired) electrons. The van der Waals surface area contributed by atoms with Gasteiger partial charge in [-0.2, -0.15) is 0 Å². The predicted molar refractivity (Wildman–Crippen MR) is 63.9 cm³/mol. The van der Waals surface area contributed by atoms with Gasteiger partial charge in [0.05, 0.1) is 16.1 Å². The first kappa shape index (κ1) is 11.7. The van der Waals surface area contributed by atoms with E-state index >= 15 is 0 Å². The van der Waals surface area contributed by atoms with Crippen molar-refractivity contribution in [2.24, 2.45) is 5.92 Å². The Kier molecular flexibility index (Phi) is 4.08. The Morgan fingerprint density at radius 2 is 2.14 bits per heavy atom. The van der Waals surface area contributed by atoms with Gasteiger partial charge in [0.15, 0.2) is 5.75 Å². The molecule has 78 valence electrons. The highest BCUT2D eigenvalue weighted by Crippen LogP contribution is 2.35. The smallest absolute Gasteiger partial charge is 0.152 e. The molecule has 1 aromatic carbocycles. The maximum Gasteiger partial charge on any atom is 0.152 e. The van der Waals surface area contributed by atoms with E-state index in [1.165, 1.54) is 0 Å². The first-order chi connectivity index (χ1) is 6.50. The van der Waals surface area contributed by atoms with Gasteiger partial charge in [-0.25, -0.2) is 0 Å². The lowest BCUT2D eigenvalue weighted by Gasteiger charge is -2.12. The summed E-state index contributed by atoms with van der Waals surface area (Å²) in [6.45, 7) is 4.81. The summed E-state index contributed by atoms with van der Waals surface area (Å²) in [6, 6.07) is 3.46.